The van der Waals surface area contributed by atoms with E-state index in [9.17, 15) is 8.78 Å². The van der Waals surface area contributed by atoms with Gasteiger partial charge < -0.3 is 14.2 Å². The van der Waals surface area contributed by atoms with E-state index in [1.807, 2.05) is 25.4 Å². The molecule has 0 N–H and O–H groups in total. The smallest absolute Gasteiger partial charge is 0.288 e. The van der Waals surface area contributed by atoms with Crippen LogP contribution in [0.5, 0.6) is 5.75 Å². The van der Waals surface area contributed by atoms with Gasteiger partial charge in [-0.15, -0.1) is 0 Å². The molecule has 1 aliphatic carbocycles. The summed E-state index contributed by atoms with van der Waals surface area (Å²) in [7, 11) is 1.82. The first-order valence-electron chi connectivity index (χ1n) is 12.8. The largest absolute Gasteiger partial charge is 0.486 e. The Morgan fingerprint density at radius 2 is 1.92 bits per heavy atom. The molecule has 36 heavy (non-hydrogen) atoms. The molecule has 4 heterocycles. The van der Waals surface area contributed by atoms with E-state index >= 15 is 0 Å². The van der Waals surface area contributed by atoms with Gasteiger partial charge in [0, 0.05) is 44.4 Å². The molecule has 0 saturated heterocycles. The number of nitrogens with zero attached hydrogens (tertiary/aromatic N) is 6. The van der Waals surface area contributed by atoms with Gasteiger partial charge in [0.25, 0.3) is 5.92 Å². The summed E-state index contributed by atoms with van der Waals surface area (Å²) in [5, 5.41) is 0. The number of halogens is 2. The number of anilines is 1. The summed E-state index contributed by atoms with van der Waals surface area (Å²) in [4.78, 5) is 20.7. The molecule has 9 heteroatoms. The maximum Gasteiger partial charge on any atom is 0.288 e. The van der Waals surface area contributed by atoms with Gasteiger partial charge in [0.1, 0.15) is 18.1 Å². The SMILES string of the molecule is CC(C)c1ncccc1-c1ncc2c(n1)N(CC1CCC(c3nc(C(C)(F)F)cn3C)CC1)CCO2. The lowest BCUT2D eigenvalue weighted by Crippen LogP contribution is -2.38. The number of fused-ring (bicyclic) bond motifs is 1. The Morgan fingerprint density at radius 1 is 1.14 bits per heavy atom. The second-order valence-electron chi connectivity index (χ2n) is 10.5. The topological polar surface area (TPSA) is 69.0 Å². The number of hydrogen-bond acceptors (Lipinski definition) is 6. The summed E-state index contributed by atoms with van der Waals surface area (Å²) >= 11 is 0. The Hall–Kier alpha value is -3.10. The second-order valence-corrected chi connectivity index (χ2v) is 10.5. The molecule has 1 saturated carbocycles. The number of alkyl halides is 2. The number of imidazole rings is 1. The molecule has 1 aliphatic heterocycles. The van der Waals surface area contributed by atoms with Crippen LogP contribution >= 0.6 is 0 Å². The van der Waals surface area contributed by atoms with Gasteiger partial charge in [-0.2, -0.15) is 8.78 Å². The third-order valence-electron chi connectivity index (χ3n) is 7.33. The van der Waals surface area contributed by atoms with Crippen molar-refractivity contribution in [3.05, 3.63) is 47.9 Å². The Kier molecular flexibility index (Phi) is 6.66. The molecule has 1 fully saturated rings. The lowest BCUT2D eigenvalue weighted by molar-refractivity contribution is 0.0129. The molecule has 0 atom stereocenters. The highest BCUT2D eigenvalue weighted by atomic mass is 19.3. The van der Waals surface area contributed by atoms with Crippen molar-refractivity contribution in [1.29, 1.82) is 0 Å². The van der Waals surface area contributed by atoms with Crippen LogP contribution in [0.25, 0.3) is 11.4 Å². The Balaban J connectivity index is 1.29. The predicted molar refractivity (Wildman–Crippen MR) is 135 cm³/mol. The normalized spacial score (nSPS) is 20.4. The van der Waals surface area contributed by atoms with Crippen LogP contribution in [0.2, 0.25) is 0 Å². The predicted octanol–water partition coefficient (Wildman–Crippen LogP) is 5.68. The van der Waals surface area contributed by atoms with Crippen molar-refractivity contribution in [3.8, 4) is 17.1 Å². The van der Waals surface area contributed by atoms with E-state index in [1.165, 1.54) is 6.20 Å². The van der Waals surface area contributed by atoms with Gasteiger partial charge in [-0.3, -0.25) is 4.98 Å². The van der Waals surface area contributed by atoms with Crippen molar-refractivity contribution in [2.45, 2.75) is 64.2 Å². The highest BCUT2D eigenvalue weighted by molar-refractivity contribution is 5.64. The van der Waals surface area contributed by atoms with Gasteiger partial charge >= 0.3 is 0 Å². The van der Waals surface area contributed by atoms with Crippen molar-refractivity contribution in [3.63, 3.8) is 0 Å². The van der Waals surface area contributed by atoms with Crippen molar-refractivity contribution in [2.75, 3.05) is 24.6 Å². The van der Waals surface area contributed by atoms with E-state index in [4.69, 9.17) is 9.72 Å². The van der Waals surface area contributed by atoms with E-state index in [0.717, 1.165) is 74.3 Å². The highest BCUT2D eigenvalue weighted by Gasteiger charge is 2.33. The molecule has 0 amide bonds. The molecule has 0 radical (unpaired) electrons. The average molecular weight is 497 g/mol. The van der Waals surface area contributed by atoms with Crippen LogP contribution in [-0.4, -0.2) is 44.2 Å². The monoisotopic (exact) mass is 496 g/mol. The highest BCUT2D eigenvalue weighted by Crippen LogP contribution is 2.39. The van der Waals surface area contributed by atoms with Crippen LogP contribution in [0.4, 0.5) is 14.6 Å². The number of aromatic nitrogens is 5. The Labute approximate surface area is 211 Å². The molecule has 3 aromatic heterocycles. The first kappa shape index (κ1) is 24.6. The van der Waals surface area contributed by atoms with Crippen molar-refractivity contribution >= 4 is 5.82 Å². The van der Waals surface area contributed by atoms with Crippen LogP contribution in [-0.2, 0) is 13.0 Å². The van der Waals surface area contributed by atoms with Gasteiger partial charge in [0.15, 0.2) is 17.4 Å². The molecule has 0 spiro atoms. The molecule has 3 aromatic rings. The third kappa shape index (κ3) is 4.92. The minimum atomic E-state index is -2.91. The summed E-state index contributed by atoms with van der Waals surface area (Å²) in [5.74, 6) is 1.07. The van der Waals surface area contributed by atoms with Crippen LogP contribution in [0.15, 0.2) is 30.7 Å². The molecule has 5 rings (SSSR count). The van der Waals surface area contributed by atoms with Gasteiger partial charge in [0.05, 0.1) is 18.4 Å². The number of aryl methyl sites for hydroxylation is 1. The average Bonchev–Trinajstić information content (AvgIpc) is 3.26. The van der Waals surface area contributed by atoms with Crippen LogP contribution < -0.4 is 9.64 Å². The van der Waals surface area contributed by atoms with Gasteiger partial charge in [-0.1, -0.05) is 13.8 Å². The van der Waals surface area contributed by atoms with Crippen LogP contribution in [0.3, 0.4) is 0 Å². The van der Waals surface area contributed by atoms with E-state index in [0.29, 0.717) is 18.3 Å². The maximum absolute atomic E-state index is 13.8. The lowest BCUT2D eigenvalue weighted by atomic mass is 9.81. The zero-order valence-electron chi connectivity index (χ0n) is 21.4. The summed E-state index contributed by atoms with van der Waals surface area (Å²) in [5.41, 5.74) is 1.79. The maximum atomic E-state index is 13.8. The molecular formula is C27H34F2N6O. The van der Waals surface area contributed by atoms with Crippen LogP contribution in [0, 0.1) is 5.92 Å². The number of hydrogen-bond donors (Lipinski definition) is 0. The minimum absolute atomic E-state index is 0.142. The fourth-order valence-electron chi connectivity index (χ4n) is 5.42. The van der Waals surface area contributed by atoms with Gasteiger partial charge in [0.2, 0.25) is 0 Å². The quantitative estimate of drug-likeness (QED) is 0.437. The number of pyridine rings is 1. The first-order chi connectivity index (χ1) is 17.2. The molecule has 7 nitrogen and oxygen atoms in total. The van der Waals surface area contributed by atoms with Crippen molar-refractivity contribution < 1.29 is 13.5 Å². The standard InChI is InChI=1S/C27H34F2N6O/c1-17(2)23-20(6-5-11-30-23)24-31-14-21-26(33-24)35(12-13-36-21)15-18-7-9-19(10-8-18)25-32-22(16-34(25)4)27(3,28)29/h5-6,11,14,16-19H,7-10,12-13,15H2,1-4H3. The Morgan fingerprint density at radius 3 is 2.61 bits per heavy atom. The molecule has 0 aromatic carbocycles. The summed E-state index contributed by atoms with van der Waals surface area (Å²) in [6.45, 7) is 7.43. The molecular weight excluding hydrogens is 462 g/mol. The molecule has 0 unspecified atom stereocenters. The fourth-order valence-corrected chi connectivity index (χ4v) is 5.42. The number of ether oxygens (including phenoxy) is 1. The zero-order valence-corrected chi connectivity index (χ0v) is 21.4. The molecule has 2 aliphatic rings. The van der Waals surface area contributed by atoms with Crippen molar-refractivity contribution in [1.82, 2.24) is 24.5 Å². The summed E-state index contributed by atoms with van der Waals surface area (Å²) in [6.07, 6.45) is 9.01. The van der Waals surface area contributed by atoms with Gasteiger partial charge in [-0.05, 0) is 49.7 Å². The minimum Gasteiger partial charge on any atom is -0.486 e. The zero-order chi connectivity index (χ0) is 25.4. The lowest BCUT2D eigenvalue weighted by Gasteiger charge is -2.35. The molecule has 0 bridgehead atoms. The van der Waals surface area contributed by atoms with Crippen molar-refractivity contribution in [2.24, 2.45) is 13.0 Å². The fraction of sp³-hybridized carbons (Fsp3) is 0.556. The van der Waals surface area contributed by atoms with Crippen LogP contribution in [0.1, 0.15) is 75.5 Å². The molecule has 192 valence electrons. The Bertz CT molecular complexity index is 1210. The first-order valence-corrected chi connectivity index (χ1v) is 12.8. The van der Waals surface area contributed by atoms with E-state index in [-0.39, 0.29) is 17.5 Å². The van der Waals surface area contributed by atoms with E-state index in [2.05, 4.69) is 33.7 Å². The summed E-state index contributed by atoms with van der Waals surface area (Å²) < 4.78 is 35.2. The summed E-state index contributed by atoms with van der Waals surface area (Å²) in [6, 6.07) is 3.94. The van der Waals surface area contributed by atoms with Gasteiger partial charge in [-0.25, -0.2) is 15.0 Å². The van der Waals surface area contributed by atoms with E-state index in [1.54, 1.807) is 10.8 Å². The number of rotatable bonds is 6. The van der Waals surface area contributed by atoms with E-state index < -0.39 is 5.92 Å². The third-order valence-corrected chi connectivity index (χ3v) is 7.33. The second kappa shape index (κ2) is 9.75.